The number of benzene rings is 1. The Morgan fingerprint density at radius 3 is 2.71 bits per heavy atom. The molecule has 0 heterocycles. The molecule has 1 aliphatic carbocycles. The summed E-state index contributed by atoms with van der Waals surface area (Å²) in [5.74, 6) is 0.449. The first-order valence-corrected chi connectivity index (χ1v) is 5.55. The van der Waals surface area contributed by atoms with Crippen LogP contribution in [0.2, 0.25) is 0 Å². The fourth-order valence-electron chi connectivity index (χ4n) is 2.71. The van der Waals surface area contributed by atoms with Gasteiger partial charge in [0.25, 0.3) is 0 Å². The summed E-state index contributed by atoms with van der Waals surface area (Å²) in [5.41, 5.74) is 0.556. The van der Waals surface area contributed by atoms with Crippen molar-refractivity contribution in [2.24, 2.45) is 5.92 Å². The molecule has 0 amide bonds. The Labute approximate surface area is 85.8 Å². The van der Waals surface area contributed by atoms with E-state index in [-0.39, 0.29) is 0 Å². The first kappa shape index (κ1) is 9.72. The molecule has 0 radical (unpaired) electrons. The molecule has 2 atom stereocenters. The van der Waals surface area contributed by atoms with Crippen LogP contribution < -0.4 is 0 Å². The SMILES string of the molecule is CC[C@@H]1CCC[C@]1(O)c1ccccc1. The maximum Gasteiger partial charge on any atom is 0.0924 e. The zero-order valence-corrected chi connectivity index (χ0v) is 8.74. The molecule has 1 saturated carbocycles. The third-order valence-electron chi connectivity index (χ3n) is 3.55. The number of hydrogen-bond acceptors (Lipinski definition) is 1. The molecule has 0 aromatic heterocycles. The minimum atomic E-state index is -0.546. The van der Waals surface area contributed by atoms with Crippen LogP contribution in [0.1, 0.15) is 38.2 Å². The molecule has 1 N–H and O–H groups in total. The highest BCUT2D eigenvalue weighted by atomic mass is 16.3. The van der Waals surface area contributed by atoms with E-state index in [1.165, 1.54) is 6.42 Å². The van der Waals surface area contributed by atoms with Gasteiger partial charge in [0, 0.05) is 0 Å². The van der Waals surface area contributed by atoms with Crippen LogP contribution in [0.5, 0.6) is 0 Å². The van der Waals surface area contributed by atoms with Gasteiger partial charge >= 0.3 is 0 Å². The predicted molar refractivity (Wildman–Crippen MR) is 58.0 cm³/mol. The van der Waals surface area contributed by atoms with Crippen molar-refractivity contribution in [3.63, 3.8) is 0 Å². The second-order valence-electron chi connectivity index (χ2n) is 4.29. The highest BCUT2D eigenvalue weighted by Gasteiger charge is 2.40. The molecule has 1 fully saturated rings. The lowest BCUT2D eigenvalue weighted by atomic mass is 9.82. The molecule has 0 spiro atoms. The minimum Gasteiger partial charge on any atom is -0.385 e. The van der Waals surface area contributed by atoms with E-state index in [9.17, 15) is 5.11 Å². The third-order valence-corrected chi connectivity index (χ3v) is 3.55. The predicted octanol–water partition coefficient (Wildman–Crippen LogP) is 3.08. The molecular weight excluding hydrogens is 172 g/mol. The summed E-state index contributed by atoms with van der Waals surface area (Å²) in [5, 5.41) is 10.6. The Balaban J connectivity index is 2.31. The average molecular weight is 190 g/mol. The third kappa shape index (κ3) is 1.46. The fourth-order valence-corrected chi connectivity index (χ4v) is 2.71. The van der Waals surface area contributed by atoms with E-state index in [0.29, 0.717) is 5.92 Å². The molecule has 0 aliphatic heterocycles. The van der Waals surface area contributed by atoms with E-state index < -0.39 is 5.60 Å². The smallest absolute Gasteiger partial charge is 0.0924 e. The molecule has 1 nitrogen and oxygen atoms in total. The Morgan fingerprint density at radius 2 is 2.07 bits per heavy atom. The first-order chi connectivity index (χ1) is 6.77. The van der Waals surface area contributed by atoms with Gasteiger partial charge in [0.05, 0.1) is 5.60 Å². The van der Waals surface area contributed by atoms with Gasteiger partial charge in [0.15, 0.2) is 0 Å². The monoisotopic (exact) mass is 190 g/mol. The van der Waals surface area contributed by atoms with Crippen molar-refractivity contribution in [3.8, 4) is 0 Å². The van der Waals surface area contributed by atoms with E-state index in [2.05, 4.69) is 6.92 Å². The van der Waals surface area contributed by atoms with Crippen molar-refractivity contribution in [2.45, 2.75) is 38.2 Å². The second-order valence-corrected chi connectivity index (χ2v) is 4.29. The van der Waals surface area contributed by atoms with Crippen molar-refractivity contribution < 1.29 is 5.11 Å². The summed E-state index contributed by atoms with van der Waals surface area (Å²) in [6.45, 7) is 2.17. The second kappa shape index (κ2) is 3.74. The molecule has 0 saturated heterocycles. The topological polar surface area (TPSA) is 20.2 Å². The zero-order chi connectivity index (χ0) is 10.0. The summed E-state index contributed by atoms with van der Waals surface area (Å²) in [4.78, 5) is 0. The van der Waals surface area contributed by atoms with Crippen molar-refractivity contribution in [1.29, 1.82) is 0 Å². The van der Waals surface area contributed by atoms with Gasteiger partial charge < -0.3 is 5.11 Å². The van der Waals surface area contributed by atoms with Crippen molar-refractivity contribution >= 4 is 0 Å². The van der Waals surface area contributed by atoms with Crippen LogP contribution in [0.25, 0.3) is 0 Å². The Hall–Kier alpha value is -0.820. The molecule has 0 unspecified atom stereocenters. The maximum absolute atomic E-state index is 10.6. The normalized spacial score (nSPS) is 32.0. The summed E-state index contributed by atoms with van der Waals surface area (Å²) < 4.78 is 0. The first-order valence-electron chi connectivity index (χ1n) is 5.55. The van der Waals surface area contributed by atoms with Crippen LogP contribution in [0.15, 0.2) is 30.3 Å². The van der Waals surface area contributed by atoms with Gasteiger partial charge in [-0.25, -0.2) is 0 Å². The standard InChI is InChI=1S/C13H18O/c1-2-11-9-6-10-13(11,14)12-7-4-3-5-8-12/h3-5,7-8,11,14H,2,6,9-10H2,1H3/t11-,13-/m1/s1. The Morgan fingerprint density at radius 1 is 1.36 bits per heavy atom. The van der Waals surface area contributed by atoms with Gasteiger partial charge in [-0.2, -0.15) is 0 Å². The summed E-state index contributed by atoms with van der Waals surface area (Å²) in [6.07, 6.45) is 4.33. The van der Waals surface area contributed by atoms with Gasteiger partial charge in [0.2, 0.25) is 0 Å². The summed E-state index contributed by atoms with van der Waals surface area (Å²) in [6, 6.07) is 10.1. The van der Waals surface area contributed by atoms with Crippen molar-refractivity contribution in [2.75, 3.05) is 0 Å². The Kier molecular flexibility index (Phi) is 2.60. The molecule has 1 heteroatoms. The lowest BCUT2D eigenvalue weighted by Crippen LogP contribution is -2.29. The van der Waals surface area contributed by atoms with Gasteiger partial charge in [-0.1, -0.05) is 43.7 Å². The number of rotatable bonds is 2. The van der Waals surface area contributed by atoms with Crippen molar-refractivity contribution in [3.05, 3.63) is 35.9 Å². The molecule has 0 bridgehead atoms. The molecule has 1 aromatic rings. The molecule has 1 aliphatic rings. The number of aliphatic hydroxyl groups is 1. The summed E-state index contributed by atoms with van der Waals surface area (Å²) in [7, 11) is 0. The Bertz CT molecular complexity index is 293. The van der Waals surface area contributed by atoms with Crippen LogP contribution in [0.3, 0.4) is 0 Å². The number of hydrogen-bond donors (Lipinski definition) is 1. The van der Waals surface area contributed by atoms with E-state index >= 15 is 0 Å². The lowest BCUT2D eigenvalue weighted by Gasteiger charge is -2.30. The summed E-state index contributed by atoms with van der Waals surface area (Å²) >= 11 is 0. The van der Waals surface area contributed by atoms with Crippen LogP contribution in [-0.2, 0) is 5.60 Å². The lowest BCUT2D eigenvalue weighted by molar-refractivity contribution is -0.00387. The van der Waals surface area contributed by atoms with E-state index in [4.69, 9.17) is 0 Å². The van der Waals surface area contributed by atoms with Gasteiger partial charge in [-0.15, -0.1) is 0 Å². The zero-order valence-electron chi connectivity index (χ0n) is 8.74. The average Bonchev–Trinajstić information content (AvgIpc) is 2.62. The van der Waals surface area contributed by atoms with Crippen LogP contribution in [0, 0.1) is 5.92 Å². The van der Waals surface area contributed by atoms with Gasteiger partial charge in [0.1, 0.15) is 0 Å². The molecule has 2 rings (SSSR count). The quantitative estimate of drug-likeness (QED) is 0.759. The van der Waals surface area contributed by atoms with E-state index in [1.54, 1.807) is 0 Å². The van der Waals surface area contributed by atoms with E-state index in [0.717, 1.165) is 24.8 Å². The highest BCUT2D eigenvalue weighted by molar-refractivity contribution is 5.24. The van der Waals surface area contributed by atoms with Crippen LogP contribution in [-0.4, -0.2) is 5.11 Å². The molecule has 1 aromatic carbocycles. The van der Waals surface area contributed by atoms with Crippen molar-refractivity contribution in [1.82, 2.24) is 0 Å². The van der Waals surface area contributed by atoms with Gasteiger partial charge in [-0.05, 0) is 30.7 Å². The van der Waals surface area contributed by atoms with Gasteiger partial charge in [-0.3, -0.25) is 0 Å². The largest absolute Gasteiger partial charge is 0.385 e. The maximum atomic E-state index is 10.6. The molecule has 76 valence electrons. The highest BCUT2D eigenvalue weighted by Crippen LogP contribution is 2.44. The van der Waals surface area contributed by atoms with Crippen LogP contribution >= 0.6 is 0 Å². The molecular formula is C13H18O. The minimum absolute atomic E-state index is 0.449. The van der Waals surface area contributed by atoms with Crippen LogP contribution in [0.4, 0.5) is 0 Å². The fraction of sp³-hybridized carbons (Fsp3) is 0.538. The van der Waals surface area contributed by atoms with E-state index in [1.807, 2.05) is 30.3 Å². The molecule has 14 heavy (non-hydrogen) atoms.